The molecule has 2 aromatic rings. The molecule has 0 aliphatic carbocycles. The van der Waals surface area contributed by atoms with Crippen LogP contribution in [0, 0.1) is 0 Å². The van der Waals surface area contributed by atoms with Crippen molar-refractivity contribution in [3.63, 3.8) is 0 Å². The number of hydrogen-bond donors (Lipinski definition) is 1. The number of rotatable bonds is 5. The molecule has 7 heteroatoms. The van der Waals surface area contributed by atoms with Crippen molar-refractivity contribution in [2.24, 2.45) is 7.05 Å². The van der Waals surface area contributed by atoms with Gasteiger partial charge in [-0.15, -0.1) is 10.2 Å². The summed E-state index contributed by atoms with van der Waals surface area (Å²) < 4.78 is 2.08. The van der Waals surface area contributed by atoms with E-state index in [0.29, 0.717) is 12.4 Å². The molecule has 18 heavy (non-hydrogen) atoms. The Morgan fingerprint density at radius 2 is 2.22 bits per heavy atom. The Balaban J connectivity index is 2.23. The van der Waals surface area contributed by atoms with Gasteiger partial charge in [0.05, 0.1) is 19.3 Å². The van der Waals surface area contributed by atoms with Gasteiger partial charge in [0.2, 0.25) is 0 Å². The Hall–Kier alpha value is -1.76. The molecule has 1 N–H and O–H groups in total. The van der Waals surface area contributed by atoms with Gasteiger partial charge in [-0.05, 0) is 19.2 Å². The van der Waals surface area contributed by atoms with Crippen LogP contribution in [-0.2, 0) is 20.0 Å². The third kappa shape index (κ3) is 2.56. The molecule has 0 spiro atoms. The molecule has 0 aliphatic heterocycles. The molecular formula is C11H19N7. The summed E-state index contributed by atoms with van der Waals surface area (Å²) in [6.45, 7) is 4.80. The van der Waals surface area contributed by atoms with Gasteiger partial charge >= 0.3 is 0 Å². The number of aromatic nitrogens is 6. The minimum absolute atomic E-state index is 0.242. The van der Waals surface area contributed by atoms with Crippen LogP contribution < -0.4 is 5.32 Å². The van der Waals surface area contributed by atoms with Gasteiger partial charge in [0, 0.05) is 18.7 Å². The summed E-state index contributed by atoms with van der Waals surface area (Å²) in [5.74, 6) is 1.74. The third-order valence-corrected chi connectivity index (χ3v) is 2.93. The van der Waals surface area contributed by atoms with Crippen LogP contribution in [0.2, 0.25) is 0 Å². The van der Waals surface area contributed by atoms with E-state index in [-0.39, 0.29) is 6.04 Å². The van der Waals surface area contributed by atoms with Crippen LogP contribution in [0.5, 0.6) is 0 Å². The van der Waals surface area contributed by atoms with Crippen molar-refractivity contribution < 1.29 is 0 Å². The van der Waals surface area contributed by atoms with Crippen molar-refractivity contribution in [3.8, 4) is 0 Å². The van der Waals surface area contributed by atoms with E-state index in [1.807, 2.05) is 7.05 Å². The first-order valence-corrected chi connectivity index (χ1v) is 6.10. The molecule has 0 fully saturated rings. The van der Waals surface area contributed by atoms with Gasteiger partial charge in [0.25, 0.3) is 0 Å². The molecule has 0 bridgehead atoms. The highest BCUT2D eigenvalue weighted by atomic mass is 15.6. The molecule has 0 aromatic carbocycles. The summed E-state index contributed by atoms with van der Waals surface area (Å²) >= 11 is 0. The van der Waals surface area contributed by atoms with Crippen LogP contribution in [0.25, 0.3) is 0 Å². The van der Waals surface area contributed by atoms with E-state index in [2.05, 4.69) is 50.3 Å². The van der Waals surface area contributed by atoms with Crippen LogP contribution in [0.3, 0.4) is 0 Å². The van der Waals surface area contributed by atoms with E-state index in [9.17, 15) is 0 Å². The van der Waals surface area contributed by atoms with E-state index < -0.39 is 0 Å². The van der Waals surface area contributed by atoms with Crippen LogP contribution in [-0.4, -0.2) is 36.8 Å². The largest absolute Gasteiger partial charge is 0.327 e. The molecule has 2 heterocycles. The van der Waals surface area contributed by atoms with Crippen molar-refractivity contribution in [3.05, 3.63) is 23.5 Å². The van der Waals surface area contributed by atoms with Gasteiger partial charge in [0.1, 0.15) is 5.82 Å². The highest BCUT2D eigenvalue weighted by Gasteiger charge is 2.12. The molecule has 0 amide bonds. The Bertz CT molecular complexity index is 513. The summed E-state index contributed by atoms with van der Waals surface area (Å²) in [4.78, 5) is 6.09. The minimum Gasteiger partial charge on any atom is -0.327 e. The smallest absolute Gasteiger partial charge is 0.194 e. The third-order valence-electron chi connectivity index (χ3n) is 2.93. The number of nitrogens with one attached hydrogen (secondary N) is 1. The molecular weight excluding hydrogens is 230 g/mol. The fraction of sp³-hybridized carbons (Fsp3) is 0.636. The highest BCUT2D eigenvalue weighted by molar-refractivity contribution is 5.09. The van der Waals surface area contributed by atoms with E-state index in [1.54, 1.807) is 7.05 Å². The summed E-state index contributed by atoms with van der Waals surface area (Å²) in [7, 11) is 3.69. The van der Waals surface area contributed by atoms with Crippen molar-refractivity contribution in [1.82, 2.24) is 35.1 Å². The quantitative estimate of drug-likeness (QED) is 0.825. The molecule has 0 saturated heterocycles. The number of hydrogen-bond acceptors (Lipinski definition) is 5. The average Bonchev–Trinajstić information content (AvgIpc) is 2.95. The van der Waals surface area contributed by atoms with Gasteiger partial charge < -0.3 is 9.88 Å². The standard InChI is InChI=1S/C11H19N7/c1-5-11-13-9(8(2)12-3)6-18(11)7-10-14-16-17(4)15-10/h6,8,12H,5,7H2,1-4H3. The summed E-state index contributed by atoms with van der Waals surface area (Å²) in [5.41, 5.74) is 1.04. The first-order chi connectivity index (χ1) is 8.63. The van der Waals surface area contributed by atoms with E-state index in [4.69, 9.17) is 0 Å². The molecule has 0 saturated carbocycles. The molecule has 7 nitrogen and oxygen atoms in total. The second-order valence-corrected chi connectivity index (χ2v) is 4.27. The van der Waals surface area contributed by atoms with Crippen LogP contribution >= 0.6 is 0 Å². The van der Waals surface area contributed by atoms with Gasteiger partial charge in [-0.3, -0.25) is 0 Å². The van der Waals surface area contributed by atoms with E-state index in [0.717, 1.165) is 17.9 Å². The maximum absolute atomic E-state index is 4.62. The first-order valence-electron chi connectivity index (χ1n) is 6.10. The van der Waals surface area contributed by atoms with E-state index in [1.165, 1.54) is 4.80 Å². The zero-order valence-corrected chi connectivity index (χ0v) is 11.3. The second kappa shape index (κ2) is 5.26. The summed E-state index contributed by atoms with van der Waals surface area (Å²) in [6, 6.07) is 0.242. The molecule has 1 atom stereocenters. The van der Waals surface area contributed by atoms with Crippen LogP contribution in [0.15, 0.2) is 6.20 Å². The molecule has 0 radical (unpaired) electrons. The van der Waals surface area contributed by atoms with Gasteiger partial charge in [0.15, 0.2) is 5.82 Å². The number of aryl methyl sites for hydroxylation is 2. The highest BCUT2D eigenvalue weighted by Crippen LogP contribution is 2.13. The lowest BCUT2D eigenvalue weighted by Crippen LogP contribution is -2.12. The monoisotopic (exact) mass is 249 g/mol. The second-order valence-electron chi connectivity index (χ2n) is 4.27. The maximum Gasteiger partial charge on any atom is 0.194 e. The number of nitrogens with zero attached hydrogens (tertiary/aromatic N) is 6. The number of tetrazole rings is 1. The summed E-state index contributed by atoms with van der Waals surface area (Å²) in [5, 5.41) is 15.2. The van der Waals surface area contributed by atoms with Crippen molar-refractivity contribution in [1.29, 1.82) is 0 Å². The molecule has 98 valence electrons. The lowest BCUT2D eigenvalue weighted by atomic mass is 10.3. The van der Waals surface area contributed by atoms with Gasteiger partial charge in [-0.1, -0.05) is 6.92 Å². The Morgan fingerprint density at radius 1 is 1.44 bits per heavy atom. The predicted octanol–water partition coefficient (Wildman–Crippen LogP) is 0.298. The lowest BCUT2D eigenvalue weighted by Gasteiger charge is -2.04. The molecule has 0 aliphatic rings. The normalized spacial score (nSPS) is 12.9. The van der Waals surface area contributed by atoms with E-state index >= 15 is 0 Å². The maximum atomic E-state index is 4.62. The van der Waals surface area contributed by atoms with Crippen LogP contribution in [0.1, 0.15) is 37.2 Å². The fourth-order valence-corrected chi connectivity index (χ4v) is 1.79. The van der Waals surface area contributed by atoms with Crippen molar-refractivity contribution in [2.75, 3.05) is 7.05 Å². The zero-order chi connectivity index (χ0) is 13.1. The summed E-state index contributed by atoms with van der Waals surface area (Å²) in [6.07, 6.45) is 2.94. The predicted molar refractivity (Wildman–Crippen MR) is 67.0 cm³/mol. The zero-order valence-electron chi connectivity index (χ0n) is 11.3. The molecule has 2 rings (SSSR count). The SMILES string of the molecule is CCc1nc(C(C)NC)cn1Cc1nnn(C)n1. The topological polar surface area (TPSA) is 73.5 Å². The van der Waals surface area contributed by atoms with Crippen molar-refractivity contribution >= 4 is 0 Å². The van der Waals surface area contributed by atoms with Crippen LogP contribution in [0.4, 0.5) is 0 Å². The molecule has 2 aromatic heterocycles. The average molecular weight is 249 g/mol. The van der Waals surface area contributed by atoms with Gasteiger partial charge in [-0.25, -0.2) is 4.98 Å². The van der Waals surface area contributed by atoms with Crippen molar-refractivity contribution in [2.45, 2.75) is 32.9 Å². The fourth-order valence-electron chi connectivity index (χ4n) is 1.79. The first kappa shape index (κ1) is 12.7. The Morgan fingerprint density at radius 3 is 2.78 bits per heavy atom. The molecule has 1 unspecified atom stereocenters. The minimum atomic E-state index is 0.242. The van der Waals surface area contributed by atoms with Gasteiger partial charge in [-0.2, -0.15) is 4.80 Å². The lowest BCUT2D eigenvalue weighted by molar-refractivity contribution is 0.623. The number of imidazole rings is 1. The Kier molecular flexibility index (Phi) is 3.71. The Labute approximate surface area is 106 Å².